The number of esters is 1. The van der Waals surface area contributed by atoms with Crippen LogP contribution >= 0.6 is 11.6 Å². The highest BCUT2D eigenvalue weighted by Crippen LogP contribution is 2.28. The Morgan fingerprint density at radius 1 is 1.03 bits per heavy atom. The summed E-state index contributed by atoms with van der Waals surface area (Å²) in [5.41, 5.74) is 1.30. The van der Waals surface area contributed by atoms with E-state index in [4.69, 9.17) is 16.3 Å². The van der Waals surface area contributed by atoms with Gasteiger partial charge >= 0.3 is 5.97 Å². The molecule has 0 fully saturated rings. The number of aryl methyl sites for hydroxylation is 1. The molecule has 2 aromatic rings. The topological polar surface area (TPSA) is 92.8 Å². The lowest BCUT2D eigenvalue weighted by Gasteiger charge is -2.27. The van der Waals surface area contributed by atoms with Gasteiger partial charge in [-0.05, 0) is 36.8 Å². The number of nitrogens with zero attached hydrogens (tertiary/aromatic N) is 1. The Bertz CT molecular complexity index is 973. The molecule has 0 aliphatic carbocycles. The van der Waals surface area contributed by atoms with Gasteiger partial charge in [-0.25, -0.2) is 13.1 Å². The number of nitrogens with one attached hydrogen (secondary N) is 1. The van der Waals surface area contributed by atoms with Crippen LogP contribution in [0.2, 0.25) is 5.02 Å². The highest BCUT2D eigenvalue weighted by Gasteiger charge is 2.40. The Hall–Kier alpha value is -2.42. The van der Waals surface area contributed by atoms with Gasteiger partial charge in [-0.3, -0.25) is 9.59 Å². The van der Waals surface area contributed by atoms with Crippen LogP contribution in [0.4, 0.5) is 0 Å². The summed E-state index contributed by atoms with van der Waals surface area (Å²) in [5, 5.41) is 0.433. The van der Waals surface area contributed by atoms with Gasteiger partial charge in [-0.15, -0.1) is 0 Å². The number of ether oxygens (including phenoxy) is 1. The predicted molar refractivity (Wildman–Crippen MR) is 110 cm³/mol. The molecule has 0 saturated carbocycles. The van der Waals surface area contributed by atoms with Crippen molar-refractivity contribution in [1.29, 1.82) is 0 Å². The molecule has 0 saturated heterocycles. The van der Waals surface area contributed by atoms with Crippen molar-refractivity contribution in [2.45, 2.75) is 17.9 Å². The molecule has 156 valence electrons. The first kappa shape index (κ1) is 22.9. The van der Waals surface area contributed by atoms with E-state index in [1.54, 1.807) is 36.4 Å². The fraction of sp³-hybridized carbons (Fsp3) is 0.300. The molecule has 2 aromatic carbocycles. The molecule has 0 unspecified atom stereocenters. The van der Waals surface area contributed by atoms with Crippen LogP contribution in [0.25, 0.3) is 0 Å². The quantitative estimate of drug-likeness (QED) is 0.529. The van der Waals surface area contributed by atoms with Crippen LogP contribution in [0.15, 0.2) is 53.4 Å². The van der Waals surface area contributed by atoms with Crippen LogP contribution < -0.4 is 4.72 Å². The molecule has 9 heteroatoms. The average Bonchev–Trinajstić information content (AvgIpc) is 2.67. The molecule has 0 aliphatic rings. The van der Waals surface area contributed by atoms with Gasteiger partial charge in [-0.1, -0.05) is 41.4 Å². The molecule has 2 atom stereocenters. The Morgan fingerprint density at radius 2 is 1.59 bits per heavy atom. The Kier molecular flexibility index (Phi) is 7.40. The third-order valence-corrected chi connectivity index (χ3v) is 6.05. The molecule has 0 heterocycles. The van der Waals surface area contributed by atoms with E-state index in [1.807, 2.05) is 6.92 Å². The first-order valence-electron chi connectivity index (χ1n) is 8.70. The second-order valence-electron chi connectivity index (χ2n) is 6.70. The summed E-state index contributed by atoms with van der Waals surface area (Å²) in [7, 11) is 0.0582. The predicted octanol–water partition coefficient (Wildman–Crippen LogP) is 2.55. The highest BCUT2D eigenvalue weighted by molar-refractivity contribution is 7.89. The van der Waals surface area contributed by atoms with Gasteiger partial charge in [0.05, 0.1) is 18.0 Å². The zero-order valence-corrected chi connectivity index (χ0v) is 18.1. The summed E-state index contributed by atoms with van der Waals surface area (Å²) >= 11 is 5.94. The van der Waals surface area contributed by atoms with Crippen molar-refractivity contribution < 1.29 is 22.7 Å². The third-order valence-electron chi connectivity index (χ3n) is 4.34. The van der Waals surface area contributed by atoms with Crippen LogP contribution in [-0.4, -0.2) is 46.4 Å². The minimum absolute atomic E-state index is 0.0166. The number of amides is 1. The summed E-state index contributed by atoms with van der Waals surface area (Å²) in [4.78, 5) is 26.5. The fourth-order valence-corrected chi connectivity index (χ4v) is 4.10. The average molecular weight is 439 g/mol. The van der Waals surface area contributed by atoms with Crippen molar-refractivity contribution in [3.05, 3.63) is 64.7 Å². The second kappa shape index (κ2) is 9.39. The summed E-state index contributed by atoms with van der Waals surface area (Å²) in [5.74, 6) is -2.87. The first-order chi connectivity index (χ1) is 13.6. The first-order valence-corrected chi connectivity index (χ1v) is 10.6. The van der Waals surface area contributed by atoms with E-state index in [2.05, 4.69) is 4.72 Å². The van der Waals surface area contributed by atoms with E-state index in [9.17, 15) is 18.0 Å². The van der Waals surface area contributed by atoms with E-state index in [-0.39, 0.29) is 4.90 Å². The van der Waals surface area contributed by atoms with E-state index < -0.39 is 33.9 Å². The number of carbonyl (C=O) groups is 2. The minimum atomic E-state index is -4.04. The van der Waals surface area contributed by atoms with Crippen LogP contribution in [0, 0.1) is 12.8 Å². The monoisotopic (exact) mass is 438 g/mol. The lowest BCUT2D eigenvalue weighted by Crippen LogP contribution is -2.45. The Labute approximate surface area is 175 Å². The fourth-order valence-electron chi connectivity index (χ4n) is 2.74. The lowest BCUT2D eigenvalue weighted by molar-refractivity contribution is -0.154. The molecule has 1 amide bonds. The number of rotatable bonds is 7. The number of methoxy groups -OCH3 is 1. The van der Waals surface area contributed by atoms with Gasteiger partial charge < -0.3 is 9.64 Å². The molecule has 2 rings (SSSR count). The number of sulfonamides is 1. The molecule has 29 heavy (non-hydrogen) atoms. The molecule has 0 radical (unpaired) electrons. The van der Waals surface area contributed by atoms with Gasteiger partial charge in [0, 0.05) is 19.1 Å². The van der Waals surface area contributed by atoms with Gasteiger partial charge in [0.15, 0.2) is 5.92 Å². The van der Waals surface area contributed by atoms with Crippen LogP contribution in [0.3, 0.4) is 0 Å². The molecule has 0 aromatic heterocycles. The molecule has 0 spiro atoms. The van der Waals surface area contributed by atoms with Crippen LogP contribution in [0.5, 0.6) is 0 Å². The SMILES string of the molecule is COC(=O)[C@@H](C(=O)N(C)C)[C@@H](NS(=O)(=O)c1ccc(C)cc1)c1ccc(Cl)cc1. The smallest absolute Gasteiger partial charge is 0.320 e. The zero-order valence-electron chi connectivity index (χ0n) is 16.5. The normalized spacial score (nSPS) is 13.4. The van der Waals surface area contributed by atoms with Crippen molar-refractivity contribution in [3.63, 3.8) is 0 Å². The van der Waals surface area contributed by atoms with Crippen molar-refractivity contribution in [1.82, 2.24) is 9.62 Å². The molecule has 0 aliphatic heterocycles. The maximum atomic E-state index is 13.0. The molecular formula is C20H23ClN2O5S. The largest absolute Gasteiger partial charge is 0.468 e. The van der Waals surface area contributed by atoms with Crippen molar-refractivity contribution in [3.8, 4) is 0 Å². The van der Waals surface area contributed by atoms with Crippen molar-refractivity contribution in [2.75, 3.05) is 21.2 Å². The summed E-state index contributed by atoms with van der Waals surface area (Å²) in [6.07, 6.45) is 0. The van der Waals surface area contributed by atoms with Crippen molar-refractivity contribution >= 4 is 33.5 Å². The van der Waals surface area contributed by atoms with E-state index >= 15 is 0 Å². The standard InChI is InChI=1S/C20H23ClN2O5S/c1-13-5-11-16(12-6-13)29(26,27)22-18(14-7-9-15(21)10-8-14)17(20(25)28-4)19(24)23(2)3/h5-12,17-18,22H,1-4H3/t17-,18+/m1/s1. The van der Waals surface area contributed by atoms with E-state index in [0.29, 0.717) is 10.6 Å². The van der Waals surface area contributed by atoms with Crippen molar-refractivity contribution in [2.24, 2.45) is 5.92 Å². The number of halogens is 1. The molecular weight excluding hydrogens is 416 g/mol. The van der Waals surface area contributed by atoms with Crippen LogP contribution in [-0.2, 0) is 24.3 Å². The molecule has 1 N–H and O–H groups in total. The zero-order chi connectivity index (χ0) is 21.8. The highest BCUT2D eigenvalue weighted by atomic mass is 35.5. The number of hydrogen-bond donors (Lipinski definition) is 1. The summed E-state index contributed by atoms with van der Waals surface area (Å²) in [6, 6.07) is 11.3. The van der Waals surface area contributed by atoms with Crippen LogP contribution in [0.1, 0.15) is 17.2 Å². The Morgan fingerprint density at radius 3 is 2.07 bits per heavy atom. The van der Waals surface area contributed by atoms with E-state index in [1.165, 1.54) is 31.1 Å². The lowest BCUT2D eigenvalue weighted by atomic mass is 9.92. The maximum absolute atomic E-state index is 13.0. The van der Waals surface area contributed by atoms with Gasteiger partial charge in [-0.2, -0.15) is 0 Å². The van der Waals surface area contributed by atoms with E-state index in [0.717, 1.165) is 12.7 Å². The second-order valence-corrected chi connectivity index (χ2v) is 8.85. The number of hydrogen-bond acceptors (Lipinski definition) is 5. The third kappa shape index (κ3) is 5.56. The number of carbonyl (C=O) groups excluding carboxylic acids is 2. The van der Waals surface area contributed by atoms with Gasteiger partial charge in [0.25, 0.3) is 0 Å². The summed E-state index contributed by atoms with van der Waals surface area (Å²) < 4.78 is 33.3. The van der Waals surface area contributed by atoms with Gasteiger partial charge in [0.2, 0.25) is 15.9 Å². The maximum Gasteiger partial charge on any atom is 0.320 e. The molecule has 7 nitrogen and oxygen atoms in total. The summed E-state index contributed by atoms with van der Waals surface area (Å²) in [6.45, 7) is 1.84. The minimum Gasteiger partial charge on any atom is -0.468 e. The van der Waals surface area contributed by atoms with Gasteiger partial charge in [0.1, 0.15) is 0 Å². The molecule has 0 bridgehead atoms. The number of benzene rings is 2. The Balaban J connectivity index is 2.57.